The Balaban J connectivity index is 0.00000306. The predicted molar refractivity (Wildman–Crippen MR) is 128 cm³/mol. The van der Waals surface area contributed by atoms with Crippen LogP contribution in [-0.2, 0) is 24.3 Å². The van der Waals surface area contributed by atoms with Crippen molar-refractivity contribution in [2.75, 3.05) is 11.5 Å². The maximum Gasteiger partial charge on any atom is 0.269 e. The molecular formula is C27H34ClN3O2. The molecule has 6 heteroatoms. The molecule has 3 aromatic rings. The van der Waals surface area contributed by atoms with Gasteiger partial charge in [0.05, 0.1) is 13.2 Å². The Hall–Kier alpha value is -2.79. The molecule has 2 aromatic carbocycles. The molecule has 176 valence electrons. The second-order valence-electron chi connectivity index (χ2n) is 8.67. The molecule has 0 saturated heterocycles. The average molecular weight is 468 g/mol. The fraction of sp³-hybridized carbons (Fsp3) is 0.407. The molecule has 33 heavy (non-hydrogen) atoms. The number of ether oxygens (including phenoxy) is 1. The molecule has 0 bridgehead atoms. The molecule has 1 aliphatic rings. The molecule has 1 aliphatic heterocycles. The predicted octanol–water partition coefficient (Wildman–Crippen LogP) is 2.01. The highest BCUT2D eigenvalue weighted by atomic mass is 35.5. The number of nitrogens with zero attached hydrogens (tertiary/aromatic N) is 3. The van der Waals surface area contributed by atoms with Gasteiger partial charge in [-0.15, -0.1) is 0 Å². The first-order valence-electron chi connectivity index (χ1n) is 11.8. The average Bonchev–Trinajstić information content (AvgIpc) is 2.96. The quantitative estimate of drug-likeness (QED) is 0.499. The zero-order chi connectivity index (χ0) is 22.5. The molecule has 5 nitrogen and oxygen atoms in total. The largest absolute Gasteiger partial charge is 1.00 e. The van der Waals surface area contributed by atoms with Gasteiger partial charge in [-0.05, 0) is 76.4 Å². The number of carbonyl (C=O) groups is 1. The highest BCUT2D eigenvalue weighted by Gasteiger charge is 2.29. The maximum absolute atomic E-state index is 13.5. The summed E-state index contributed by atoms with van der Waals surface area (Å²) in [4.78, 5) is 15.4. The van der Waals surface area contributed by atoms with Crippen LogP contribution in [0.25, 0.3) is 11.3 Å². The molecular weight excluding hydrogens is 434 g/mol. The Bertz CT molecular complexity index is 1050. The van der Waals surface area contributed by atoms with Gasteiger partial charge in [0.2, 0.25) is 0 Å². The number of para-hydroxylation sites is 1. The zero-order valence-electron chi connectivity index (χ0n) is 19.8. The summed E-state index contributed by atoms with van der Waals surface area (Å²) in [5.41, 5.74) is 3.28. The molecule has 0 saturated carbocycles. The van der Waals surface area contributed by atoms with Gasteiger partial charge in [0, 0.05) is 23.7 Å². The maximum atomic E-state index is 13.5. The van der Waals surface area contributed by atoms with E-state index in [2.05, 4.69) is 41.3 Å². The van der Waals surface area contributed by atoms with E-state index in [4.69, 9.17) is 4.74 Å². The fourth-order valence-electron chi connectivity index (χ4n) is 4.64. The lowest BCUT2D eigenvalue weighted by Crippen LogP contribution is -3.00. The molecule has 0 atom stereocenters. The monoisotopic (exact) mass is 467 g/mol. The number of hydrogen-bond acceptors (Lipinski definition) is 2. The van der Waals surface area contributed by atoms with E-state index in [0.717, 1.165) is 36.4 Å². The number of hydrogen-bond donors (Lipinski definition) is 0. The number of fused-ring (bicyclic) bond motifs is 1. The first kappa shape index (κ1) is 24.8. The van der Waals surface area contributed by atoms with Crippen molar-refractivity contribution in [3.63, 3.8) is 0 Å². The van der Waals surface area contributed by atoms with E-state index in [9.17, 15) is 4.79 Å². The normalized spacial score (nSPS) is 13.1. The fourth-order valence-corrected chi connectivity index (χ4v) is 4.64. The first-order valence-corrected chi connectivity index (χ1v) is 11.8. The SMILES string of the molecule is CCOc1ccc(-c2c[n+](CC(=O)N(c3ccccc3)C(C)C)c3n2CCCCC3)cc1.[Cl-]. The summed E-state index contributed by atoms with van der Waals surface area (Å²) in [6.07, 6.45) is 6.71. The van der Waals surface area contributed by atoms with Gasteiger partial charge in [0.25, 0.3) is 11.7 Å². The molecule has 2 heterocycles. The number of anilines is 1. The van der Waals surface area contributed by atoms with Crippen molar-refractivity contribution < 1.29 is 26.5 Å². The Labute approximate surface area is 203 Å². The number of carbonyl (C=O) groups excluding carboxylic acids is 1. The van der Waals surface area contributed by atoms with Crippen molar-refractivity contribution in [2.45, 2.75) is 65.6 Å². The molecule has 0 unspecified atom stereocenters. The molecule has 0 radical (unpaired) electrons. The molecule has 4 rings (SSSR count). The van der Waals surface area contributed by atoms with Gasteiger partial charge in [-0.25, -0.2) is 9.13 Å². The van der Waals surface area contributed by atoms with E-state index in [0.29, 0.717) is 13.2 Å². The lowest BCUT2D eigenvalue weighted by atomic mass is 10.1. The van der Waals surface area contributed by atoms with E-state index in [1.807, 2.05) is 54.3 Å². The van der Waals surface area contributed by atoms with E-state index < -0.39 is 0 Å². The van der Waals surface area contributed by atoms with Crippen molar-refractivity contribution >= 4 is 11.6 Å². The van der Waals surface area contributed by atoms with Gasteiger partial charge in [-0.2, -0.15) is 0 Å². The van der Waals surface area contributed by atoms with Gasteiger partial charge >= 0.3 is 0 Å². The standard InChI is InChI=1S/C27H34N3O2.ClH/c1-4-32-24-16-14-22(15-17-24)25-19-28(26-13-9-6-10-18-29(25)26)20-27(31)30(21(2)3)23-11-7-5-8-12-23;/h5,7-8,11-12,14-17,19,21H,4,6,9-10,13,18,20H2,1-3H3;1H/q+1;/p-1. The first-order chi connectivity index (χ1) is 15.6. The van der Waals surface area contributed by atoms with Crippen LogP contribution in [0.5, 0.6) is 5.75 Å². The minimum atomic E-state index is 0. The van der Waals surface area contributed by atoms with Crippen LogP contribution in [-0.4, -0.2) is 23.1 Å². The van der Waals surface area contributed by atoms with Crippen LogP contribution in [0.3, 0.4) is 0 Å². The van der Waals surface area contributed by atoms with E-state index in [1.54, 1.807) is 0 Å². The Morgan fingerprint density at radius 3 is 2.45 bits per heavy atom. The van der Waals surface area contributed by atoms with E-state index in [1.165, 1.54) is 24.4 Å². The van der Waals surface area contributed by atoms with Crippen LogP contribution >= 0.6 is 0 Å². The third kappa shape index (κ3) is 5.59. The van der Waals surface area contributed by atoms with Crippen LogP contribution in [0.2, 0.25) is 0 Å². The van der Waals surface area contributed by atoms with Crippen molar-refractivity contribution in [2.24, 2.45) is 0 Å². The Kier molecular flexibility index (Phi) is 8.56. The van der Waals surface area contributed by atoms with Gasteiger partial charge < -0.3 is 22.0 Å². The van der Waals surface area contributed by atoms with Crippen molar-refractivity contribution in [1.82, 2.24) is 4.57 Å². The molecule has 1 aromatic heterocycles. The third-order valence-electron chi connectivity index (χ3n) is 6.08. The second kappa shape index (κ2) is 11.4. The number of amides is 1. The summed E-state index contributed by atoms with van der Waals surface area (Å²) >= 11 is 0. The topological polar surface area (TPSA) is 38.4 Å². The van der Waals surface area contributed by atoms with Crippen molar-refractivity contribution in [1.29, 1.82) is 0 Å². The van der Waals surface area contributed by atoms with Gasteiger partial charge in [0.1, 0.15) is 11.9 Å². The number of imidazole rings is 1. The minimum absolute atomic E-state index is 0. The lowest BCUT2D eigenvalue weighted by Gasteiger charge is -2.26. The summed E-state index contributed by atoms with van der Waals surface area (Å²) in [5, 5.41) is 0. The summed E-state index contributed by atoms with van der Waals surface area (Å²) in [7, 11) is 0. The van der Waals surface area contributed by atoms with Gasteiger partial charge in [-0.1, -0.05) is 18.2 Å². The van der Waals surface area contributed by atoms with E-state index >= 15 is 0 Å². The third-order valence-corrected chi connectivity index (χ3v) is 6.08. The summed E-state index contributed by atoms with van der Waals surface area (Å²) in [6.45, 7) is 8.14. The smallest absolute Gasteiger partial charge is 0.269 e. The number of aromatic nitrogens is 2. The molecule has 1 amide bonds. The van der Waals surface area contributed by atoms with Crippen LogP contribution in [0, 0.1) is 0 Å². The van der Waals surface area contributed by atoms with Crippen LogP contribution in [0.4, 0.5) is 5.69 Å². The summed E-state index contributed by atoms with van der Waals surface area (Å²) in [6, 6.07) is 18.4. The highest BCUT2D eigenvalue weighted by molar-refractivity contribution is 5.92. The lowest BCUT2D eigenvalue weighted by molar-refractivity contribution is -0.691. The molecule has 0 aliphatic carbocycles. The van der Waals surface area contributed by atoms with Crippen LogP contribution in [0.15, 0.2) is 60.8 Å². The Morgan fingerprint density at radius 2 is 1.79 bits per heavy atom. The summed E-state index contributed by atoms with van der Waals surface area (Å²) < 4.78 is 10.2. The second-order valence-corrected chi connectivity index (χ2v) is 8.67. The highest BCUT2D eigenvalue weighted by Crippen LogP contribution is 2.26. The minimum Gasteiger partial charge on any atom is -1.00 e. The van der Waals surface area contributed by atoms with Gasteiger partial charge in [-0.3, -0.25) is 4.79 Å². The van der Waals surface area contributed by atoms with Crippen molar-refractivity contribution in [3.8, 4) is 17.0 Å². The van der Waals surface area contributed by atoms with Crippen LogP contribution < -0.4 is 26.6 Å². The van der Waals surface area contributed by atoms with E-state index in [-0.39, 0.29) is 24.4 Å². The van der Waals surface area contributed by atoms with Crippen LogP contribution in [0.1, 0.15) is 45.9 Å². The zero-order valence-corrected chi connectivity index (χ0v) is 20.6. The Morgan fingerprint density at radius 1 is 1.06 bits per heavy atom. The number of halogens is 1. The number of benzene rings is 2. The summed E-state index contributed by atoms with van der Waals surface area (Å²) in [5.74, 6) is 2.25. The molecule has 0 N–H and O–H groups in total. The van der Waals surface area contributed by atoms with Gasteiger partial charge in [0.15, 0.2) is 12.2 Å². The van der Waals surface area contributed by atoms with Crippen molar-refractivity contribution in [3.05, 3.63) is 66.6 Å². The molecule has 0 spiro atoms. The number of rotatable bonds is 7. The molecule has 0 fully saturated rings.